The molecule has 1 fully saturated rings. The quantitative estimate of drug-likeness (QED) is 0.877. The van der Waals surface area contributed by atoms with Crippen LogP contribution in [0, 0.1) is 0 Å². The van der Waals surface area contributed by atoms with E-state index < -0.39 is 0 Å². The number of nitrogens with one attached hydrogen (secondary N) is 1. The standard InChI is InChI=1S/C14H16BrN3O2/c1-16-7-10-3-2-4-11(15)13(10)19-8-12-17-14(20-18-12)9-5-6-9/h2-4,9,16H,5-8H2,1H3. The molecule has 0 aliphatic heterocycles. The van der Waals surface area contributed by atoms with Crippen molar-refractivity contribution in [2.24, 2.45) is 0 Å². The van der Waals surface area contributed by atoms with Crippen molar-refractivity contribution in [3.63, 3.8) is 0 Å². The number of halogens is 1. The topological polar surface area (TPSA) is 60.2 Å². The molecule has 20 heavy (non-hydrogen) atoms. The Morgan fingerprint density at radius 2 is 2.30 bits per heavy atom. The van der Waals surface area contributed by atoms with E-state index in [1.54, 1.807) is 0 Å². The van der Waals surface area contributed by atoms with Gasteiger partial charge in [-0.25, -0.2) is 0 Å². The molecule has 106 valence electrons. The van der Waals surface area contributed by atoms with Crippen molar-refractivity contribution in [1.29, 1.82) is 0 Å². The van der Waals surface area contributed by atoms with Crippen LogP contribution < -0.4 is 10.1 Å². The molecule has 3 rings (SSSR count). The summed E-state index contributed by atoms with van der Waals surface area (Å²) in [6, 6.07) is 5.98. The van der Waals surface area contributed by atoms with Gasteiger partial charge in [-0.1, -0.05) is 17.3 Å². The lowest BCUT2D eigenvalue weighted by atomic mass is 10.2. The molecule has 1 aliphatic carbocycles. The molecule has 0 amide bonds. The van der Waals surface area contributed by atoms with Crippen molar-refractivity contribution in [3.05, 3.63) is 40.0 Å². The van der Waals surface area contributed by atoms with Crippen LogP contribution in [0.4, 0.5) is 0 Å². The van der Waals surface area contributed by atoms with Gasteiger partial charge >= 0.3 is 0 Å². The van der Waals surface area contributed by atoms with E-state index >= 15 is 0 Å². The first-order valence-electron chi connectivity index (χ1n) is 6.65. The Labute approximate surface area is 125 Å². The SMILES string of the molecule is CNCc1cccc(Br)c1OCc1noc(C2CC2)n1. The first kappa shape index (κ1) is 13.6. The molecule has 0 unspecified atom stereocenters. The van der Waals surface area contributed by atoms with Crippen molar-refractivity contribution < 1.29 is 9.26 Å². The summed E-state index contributed by atoms with van der Waals surface area (Å²) in [7, 11) is 1.91. The van der Waals surface area contributed by atoms with Gasteiger partial charge in [-0.15, -0.1) is 0 Å². The summed E-state index contributed by atoms with van der Waals surface area (Å²) < 4.78 is 12.0. The van der Waals surface area contributed by atoms with Crippen LogP contribution in [0.2, 0.25) is 0 Å². The highest BCUT2D eigenvalue weighted by Crippen LogP contribution is 2.39. The Hall–Kier alpha value is -1.40. The van der Waals surface area contributed by atoms with E-state index in [1.165, 1.54) is 0 Å². The molecule has 0 saturated heterocycles. The largest absolute Gasteiger partial charge is 0.484 e. The van der Waals surface area contributed by atoms with Crippen LogP contribution in [0.25, 0.3) is 0 Å². The molecule has 1 aromatic heterocycles. The van der Waals surface area contributed by atoms with E-state index in [-0.39, 0.29) is 0 Å². The van der Waals surface area contributed by atoms with Gasteiger partial charge < -0.3 is 14.6 Å². The molecule has 0 spiro atoms. The highest BCUT2D eigenvalue weighted by Gasteiger charge is 2.29. The Bertz CT molecular complexity index is 596. The fraction of sp³-hybridized carbons (Fsp3) is 0.429. The highest BCUT2D eigenvalue weighted by molar-refractivity contribution is 9.10. The molecule has 1 saturated carbocycles. The normalized spacial score (nSPS) is 14.5. The number of ether oxygens (including phenoxy) is 1. The zero-order chi connectivity index (χ0) is 13.9. The van der Waals surface area contributed by atoms with Crippen molar-refractivity contribution >= 4 is 15.9 Å². The van der Waals surface area contributed by atoms with Gasteiger partial charge in [-0.2, -0.15) is 4.98 Å². The summed E-state index contributed by atoms with van der Waals surface area (Å²) in [6.45, 7) is 1.06. The summed E-state index contributed by atoms with van der Waals surface area (Å²) in [5.74, 6) is 2.63. The average molecular weight is 338 g/mol. The third-order valence-electron chi connectivity index (χ3n) is 3.17. The van der Waals surface area contributed by atoms with Gasteiger partial charge in [0, 0.05) is 18.0 Å². The number of benzene rings is 1. The van der Waals surface area contributed by atoms with Crippen molar-refractivity contribution in [2.45, 2.75) is 31.9 Å². The molecule has 6 heteroatoms. The maximum atomic E-state index is 5.85. The molecular formula is C14H16BrN3O2. The predicted octanol–water partition coefficient (Wildman–Crippen LogP) is 3.01. The van der Waals surface area contributed by atoms with Gasteiger partial charge in [0.25, 0.3) is 0 Å². The second kappa shape index (κ2) is 5.93. The Balaban J connectivity index is 1.70. The molecular weight excluding hydrogens is 322 g/mol. The minimum atomic E-state index is 0.315. The van der Waals surface area contributed by atoms with E-state index in [9.17, 15) is 0 Å². The monoisotopic (exact) mass is 337 g/mol. The number of rotatable bonds is 6. The van der Waals surface area contributed by atoms with E-state index in [1.807, 2.05) is 25.2 Å². The Morgan fingerprint density at radius 3 is 3.05 bits per heavy atom. The lowest BCUT2D eigenvalue weighted by Gasteiger charge is -2.11. The van der Waals surface area contributed by atoms with Crippen LogP contribution in [0.1, 0.15) is 36.0 Å². The van der Waals surface area contributed by atoms with Crippen LogP contribution in [-0.2, 0) is 13.2 Å². The van der Waals surface area contributed by atoms with Crippen LogP contribution in [0.3, 0.4) is 0 Å². The fourth-order valence-corrected chi connectivity index (χ4v) is 2.53. The van der Waals surface area contributed by atoms with Gasteiger partial charge in [0.05, 0.1) is 4.47 Å². The number of para-hydroxylation sites is 1. The zero-order valence-corrected chi connectivity index (χ0v) is 12.8. The van der Waals surface area contributed by atoms with E-state index in [4.69, 9.17) is 9.26 Å². The van der Waals surface area contributed by atoms with E-state index in [0.29, 0.717) is 18.3 Å². The first-order chi connectivity index (χ1) is 9.78. The van der Waals surface area contributed by atoms with Gasteiger partial charge in [0.15, 0.2) is 6.61 Å². The molecule has 1 heterocycles. The second-order valence-corrected chi connectivity index (χ2v) is 5.72. The summed E-state index contributed by atoms with van der Waals surface area (Å²) in [6.07, 6.45) is 2.30. The highest BCUT2D eigenvalue weighted by atomic mass is 79.9. The number of hydrogen-bond donors (Lipinski definition) is 1. The fourth-order valence-electron chi connectivity index (χ4n) is 2.00. The number of nitrogens with zero attached hydrogens (tertiary/aromatic N) is 2. The lowest BCUT2D eigenvalue weighted by molar-refractivity contribution is 0.280. The van der Waals surface area contributed by atoms with Crippen LogP contribution in [0.5, 0.6) is 5.75 Å². The van der Waals surface area contributed by atoms with Crippen molar-refractivity contribution in [1.82, 2.24) is 15.5 Å². The lowest BCUT2D eigenvalue weighted by Crippen LogP contribution is -2.08. The third kappa shape index (κ3) is 3.02. The van der Waals surface area contributed by atoms with Gasteiger partial charge in [-0.05, 0) is 41.9 Å². The minimum absolute atomic E-state index is 0.315. The van der Waals surface area contributed by atoms with Gasteiger partial charge in [0.1, 0.15) is 5.75 Å². The maximum Gasteiger partial charge on any atom is 0.229 e. The van der Waals surface area contributed by atoms with Crippen molar-refractivity contribution in [2.75, 3.05) is 7.05 Å². The summed E-state index contributed by atoms with van der Waals surface area (Å²) in [5.41, 5.74) is 1.09. The van der Waals surface area contributed by atoms with Gasteiger partial charge in [-0.3, -0.25) is 0 Å². The van der Waals surface area contributed by atoms with Crippen LogP contribution in [-0.4, -0.2) is 17.2 Å². The number of hydrogen-bond acceptors (Lipinski definition) is 5. The third-order valence-corrected chi connectivity index (χ3v) is 3.80. The smallest absolute Gasteiger partial charge is 0.229 e. The van der Waals surface area contributed by atoms with Crippen molar-refractivity contribution in [3.8, 4) is 5.75 Å². The van der Waals surface area contributed by atoms with Gasteiger partial charge in [0.2, 0.25) is 11.7 Å². The van der Waals surface area contributed by atoms with E-state index in [2.05, 4.69) is 31.4 Å². The van der Waals surface area contributed by atoms with E-state index in [0.717, 1.165) is 41.1 Å². The predicted molar refractivity (Wildman–Crippen MR) is 77.5 cm³/mol. The summed E-state index contributed by atoms with van der Waals surface area (Å²) >= 11 is 3.51. The molecule has 0 bridgehead atoms. The molecule has 5 nitrogen and oxygen atoms in total. The summed E-state index contributed by atoms with van der Waals surface area (Å²) in [5, 5.41) is 7.08. The Morgan fingerprint density at radius 1 is 1.45 bits per heavy atom. The minimum Gasteiger partial charge on any atom is -0.484 e. The molecule has 1 aliphatic rings. The maximum absolute atomic E-state index is 5.85. The Kier molecular flexibility index (Phi) is 4.03. The zero-order valence-electron chi connectivity index (χ0n) is 11.2. The second-order valence-electron chi connectivity index (χ2n) is 4.87. The average Bonchev–Trinajstić information content (AvgIpc) is 3.18. The molecule has 0 atom stereocenters. The van der Waals surface area contributed by atoms with Crippen LogP contribution >= 0.6 is 15.9 Å². The molecule has 1 N–H and O–H groups in total. The summed E-state index contributed by atoms with van der Waals surface area (Å²) in [4.78, 5) is 4.36. The first-order valence-corrected chi connectivity index (χ1v) is 7.44. The van der Waals surface area contributed by atoms with Crippen LogP contribution in [0.15, 0.2) is 27.2 Å². The molecule has 2 aromatic rings. The molecule has 0 radical (unpaired) electrons. The molecule has 1 aromatic carbocycles. The number of aromatic nitrogens is 2.